The molecule has 4 atom stereocenters. The number of nitrogens with zero attached hydrogens (tertiary/aromatic N) is 3. The molecular weight excluding hydrogens is 526 g/mol. The van der Waals surface area contributed by atoms with E-state index in [0.717, 1.165) is 5.39 Å². The highest BCUT2D eigenvalue weighted by atomic mass is 35.5. The maximum Gasteiger partial charge on any atom is 0.224 e. The van der Waals surface area contributed by atoms with Crippen molar-refractivity contribution < 1.29 is 29.2 Å². The van der Waals surface area contributed by atoms with Crippen LogP contribution in [0.5, 0.6) is 5.88 Å². The maximum absolute atomic E-state index is 10.6. The largest absolute Gasteiger partial charge is 0.477 e. The van der Waals surface area contributed by atoms with E-state index in [4.69, 9.17) is 13.9 Å². The van der Waals surface area contributed by atoms with E-state index >= 15 is 0 Å². The minimum absolute atomic E-state index is 0. The molecule has 5 N–H and O–H groups in total. The number of furan rings is 1. The summed E-state index contributed by atoms with van der Waals surface area (Å²) >= 11 is 0. The van der Waals surface area contributed by atoms with Crippen molar-refractivity contribution in [2.45, 2.75) is 59.3 Å². The topological polar surface area (TPSA) is 155 Å². The number of aliphatic hydroxyl groups is 3. The molecule has 1 fully saturated rings. The lowest BCUT2D eigenvalue weighted by Gasteiger charge is -2.21. The second-order valence-corrected chi connectivity index (χ2v) is 11.1. The average molecular weight is 566 g/mol. The molecule has 1 aliphatic carbocycles. The summed E-state index contributed by atoms with van der Waals surface area (Å²) in [6, 6.07) is 3.24. The van der Waals surface area contributed by atoms with Gasteiger partial charge < -0.3 is 39.8 Å². The Hall–Kier alpha value is -2.70. The van der Waals surface area contributed by atoms with Gasteiger partial charge in [0, 0.05) is 37.6 Å². The van der Waals surface area contributed by atoms with E-state index in [1.807, 2.05) is 26.0 Å². The molecule has 0 spiro atoms. The number of aliphatic hydroxyl groups excluding tert-OH is 3. The van der Waals surface area contributed by atoms with Gasteiger partial charge in [0.1, 0.15) is 17.7 Å². The summed E-state index contributed by atoms with van der Waals surface area (Å²) < 4.78 is 17.3. The first-order valence-corrected chi connectivity index (χ1v) is 12.9. The lowest BCUT2D eigenvalue weighted by Crippen LogP contribution is -2.35. The van der Waals surface area contributed by atoms with Crippen LogP contribution in [0.1, 0.15) is 38.6 Å². The highest BCUT2D eigenvalue weighted by Gasteiger charge is 2.41. The molecule has 12 heteroatoms. The highest BCUT2D eigenvalue weighted by molar-refractivity contribution is 5.88. The highest BCUT2D eigenvalue weighted by Crippen LogP contribution is 2.38. The van der Waals surface area contributed by atoms with Gasteiger partial charge in [-0.15, -0.1) is 12.4 Å². The molecule has 0 aromatic carbocycles. The van der Waals surface area contributed by atoms with Gasteiger partial charge in [-0.05, 0) is 31.7 Å². The molecule has 1 aliphatic rings. The number of anilines is 2. The van der Waals surface area contributed by atoms with E-state index in [1.54, 1.807) is 7.11 Å². The van der Waals surface area contributed by atoms with E-state index in [9.17, 15) is 15.3 Å². The molecule has 0 amide bonds. The van der Waals surface area contributed by atoms with Crippen molar-refractivity contribution in [2.75, 3.05) is 44.1 Å². The zero-order valence-corrected chi connectivity index (χ0v) is 24.1. The lowest BCUT2D eigenvalue weighted by molar-refractivity contribution is 0.00446. The number of fused-ring (bicyclic) bond motifs is 1. The number of hydrogen-bond donors (Lipinski definition) is 5. The van der Waals surface area contributed by atoms with Gasteiger partial charge in [0.15, 0.2) is 5.58 Å². The van der Waals surface area contributed by atoms with E-state index in [2.05, 4.69) is 46.4 Å². The third-order valence-corrected chi connectivity index (χ3v) is 6.58. The summed E-state index contributed by atoms with van der Waals surface area (Å²) in [5.74, 6) is 1.47. The molecular formula is C27H40ClN5O6. The summed E-state index contributed by atoms with van der Waals surface area (Å²) in [4.78, 5) is 13.9. The van der Waals surface area contributed by atoms with E-state index in [-0.39, 0.29) is 24.4 Å². The summed E-state index contributed by atoms with van der Waals surface area (Å²) in [7, 11) is 1.62. The first-order chi connectivity index (χ1) is 18.0. The number of aryl methyl sites for hydroxylation is 2. The molecule has 39 heavy (non-hydrogen) atoms. The smallest absolute Gasteiger partial charge is 0.224 e. The molecule has 3 aromatic rings. The van der Waals surface area contributed by atoms with Gasteiger partial charge in [-0.3, -0.25) is 0 Å². The van der Waals surface area contributed by atoms with Crippen LogP contribution in [-0.2, 0) is 4.74 Å². The molecule has 0 saturated heterocycles. The summed E-state index contributed by atoms with van der Waals surface area (Å²) in [6.45, 7) is 11.3. The van der Waals surface area contributed by atoms with Crippen LogP contribution < -0.4 is 15.4 Å². The third kappa shape index (κ3) is 7.09. The van der Waals surface area contributed by atoms with E-state index in [1.165, 1.54) is 0 Å². The van der Waals surface area contributed by atoms with Crippen LogP contribution in [0.2, 0.25) is 0 Å². The van der Waals surface area contributed by atoms with Crippen LogP contribution in [0.25, 0.3) is 22.3 Å². The van der Waals surface area contributed by atoms with Crippen molar-refractivity contribution in [1.29, 1.82) is 0 Å². The Bertz CT molecular complexity index is 1260. The number of hydrogen-bond acceptors (Lipinski definition) is 11. The summed E-state index contributed by atoms with van der Waals surface area (Å²) in [5, 5.41) is 37.9. The van der Waals surface area contributed by atoms with Gasteiger partial charge in [0.05, 0.1) is 42.3 Å². The fourth-order valence-electron chi connectivity index (χ4n) is 4.60. The summed E-state index contributed by atoms with van der Waals surface area (Å²) in [5.41, 5.74) is 2.61. The fourth-order valence-corrected chi connectivity index (χ4v) is 4.60. The van der Waals surface area contributed by atoms with Gasteiger partial charge in [0.25, 0.3) is 0 Å². The zero-order chi connectivity index (χ0) is 27.6. The molecule has 11 nitrogen and oxygen atoms in total. The van der Waals surface area contributed by atoms with Gasteiger partial charge in [-0.1, -0.05) is 20.8 Å². The molecule has 0 bridgehead atoms. The molecule has 3 aromatic heterocycles. The third-order valence-electron chi connectivity index (χ3n) is 6.58. The molecule has 0 aliphatic heterocycles. The van der Waals surface area contributed by atoms with Crippen molar-refractivity contribution in [2.24, 2.45) is 11.3 Å². The van der Waals surface area contributed by atoms with Crippen molar-refractivity contribution in [3.8, 4) is 17.2 Å². The van der Waals surface area contributed by atoms with Crippen molar-refractivity contribution >= 4 is 35.1 Å². The zero-order valence-electron chi connectivity index (χ0n) is 23.3. The van der Waals surface area contributed by atoms with E-state index in [0.29, 0.717) is 72.1 Å². The number of ether oxygens (including phenoxy) is 2. The monoisotopic (exact) mass is 565 g/mol. The summed E-state index contributed by atoms with van der Waals surface area (Å²) in [6.07, 6.45) is -1.72. The Morgan fingerprint density at radius 2 is 1.82 bits per heavy atom. The molecule has 1 saturated carbocycles. The van der Waals surface area contributed by atoms with Gasteiger partial charge in [-0.25, -0.2) is 9.97 Å². The lowest BCUT2D eigenvalue weighted by atomic mass is 9.99. The Morgan fingerprint density at radius 1 is 1.08 bits per heavy atom. The quantitative estimate of drug-likeness (QED) is 0.230. The molecule has 0 unspecified atom stereocenters. The Balaban J connectivity index is 0.00000420. The first kappa shape index (κ1) is 30.8. The second kappa shape index (κ2) is 12.6. The standard InChI is InChI=1S/C27H39N5O6.ClH/c1-14-21(19-10-16-11-20(37-13-27(3,4)5)29-15(2)24(16)38-19)25(32-26(30-14)28-7-8-36-6)31-18-9-17(12-33)22(34)23(18)35;/h10-11,17-18,22-23,33-35H,7-9,12-13H2,1-6H3,(H2,28,30,31,32);1H/t17-,18-,22-,23+;/m1./s1. The van der Waals surface area contributed by atoms with Gasteiger partial charge in [0.2, 0.25) is 11.8 Å². The number of pyridine rings is 1. The number of nitrogens with one attached hydrogen (secondary N) is 2. The molecule has 216 valence electrons. The van der Waals surface area contributed by atoms with Crippen LogP contribution in [0.4, 0.5) is 11.8 Å². The predicted octanol–water partition coefficient (Wildman–Crippen LogP) is 3.32. The fraction of sp³-hybridized carbons (Fsp3) is 0.593. The molecule has 3 heterocycles. The van der Waals surface area contributed by atoms with Crippen molar-refractivity contribution in [3.05, 3.63) is 23.5 Å². The second-order valence-electron chi connectivity index (χ2n) is 11.1. The minimum atomic E-state index is -1.06. The SMILES string of the molecule is COCCNc1nc(C)c(-c2cc3cc(OCC(C)(C)C)nc(C)c3o2)c(N[C@@H]2C[C@H](CO)[C@@H](O)[C@H]2O)n1.Cl. The van der Waals surface area contributed by atoms with Crippen LogP contribution in [-0.4, -0.2) is 82.0 Å². The predicted molar refractivity (Wildman–Crippen MR) is 152 cm³/mol. The maximum atomic E-state index is 10.6. The van der Waals surface area contributed by atoms with Crippen molar-refractivity contribution in [3.63, 3.8) is 0 Å². The van der Waals surface area contributed by atoms with E-state index < -0.39 is 24.2 Å². The molecule has 0 radical (unpaired) electrons. The number of halogens is 1. The number of methoxy groups -OCH3 is 1. The Kier molecular flexibility index (Phi) is 10.0. The normalized spacial score (nSPS) is 21.2. The van der Waals surface area contributed by atoms with Crippen LogP contribution >= 0.6 is 12.4 Å². The Labute approximate surface area is 234 Å². The van der Waals surface area contributed by atoms with Crippen LogP contribution in [0.3, 0.4) is 0 Å². The first-order valence-electron chi connectivity index (χ1n) is 12.9. The van der Waals surface area contributed by atoms with Crippen LogP contribution in [0, 0.1) is 25.2 Å². The van der Waals surface area contributed by atoms with Gasteiger partial charge >= 0.3 is 0 Å². The average Bonchev–Trinajstić information content (AvgIpc) is 3.39. The minimum Gasteiger partial charge on any atom is -0.477 e. The number of aromatic nitrogens is 3. The number of rotatable bonds is 10. The van der Waals surface area contributed by atoms with Crippen LogP contribution in [0.15, 0.2) is 16.5 Å². The van der Waals surface area contributed by atoms with Crippen molar-refractivity contribution in [1.82, 2.24) is 15.0 Å². The Morgan fingerprint density at radius 3 is 2.46 bits per heavy atom. The molecule has 4 rings (SSSR count). The van der Waals surface area contributed by atoms with Gasteiger partial charge in [-0.2, -0.15) is 4.98 Å².